The number of ether oxygens (including phenoxy) is 2. The van der Waals surface area contributed by atoms with Crippen molar-refractivity contribution in [1.29, 1.82) is 5.26 Å². The lowest BCUT2D eigenvalue weighted by molar-refractivity contribution is 0.260. The number of nitrogens with zero attached hydrogens (tertiary/aromatic N) is 4. The van der Waals surface area contributed by atoms with Gasteiger partial charge in [-0.2, -0.15) is 10.4 Å². The maximum Gasteiger partial charge on any atom is 0.158 e. The molecule has 9 heteroatoms. The molecule has 1 saturated heterocycles. The molecule has 1 aliphatic rings. The van der Waals surface area contributed by atoms with E-state index in [-0.39, 0.29) is 5.69 Å². The lowest BCUT2D eigenvalue weighted by atomic mass is 10.1. The Hall–Kier alpha value is -3.64. The highest BCUT2D eigenvalue weighted by Gasteiger charge is 2.20. The number of benzene rings is 1. The number of aromatic nitrogens is 4. The molecule has 30 heavy (non-hydrogen) atoms. The van der Waals surface area contributed by atoms with Crippen LogP contribution in [-0.2, 0) is 0 Å². The number of H-pyrrole nitrogens is 1. The molecule has 9 nitrogen and oxygen atoms in total. The Labute approximate surface area is 174 Å². The Balaban J connectivity index is 1.59. The third-order valence-corrected chi connectivity index (χ3v) is 4.94. The van der Waals surface area contributed by atoms with E-state index in [1.165, 1.54) is 12.4 Å². The topological polar surface area (TPSA) is 121 Å². The van der Waals surface area contributed by atoms with Gasteiger partial charge in [0.2, 0.25) is 0 Å². The van der Waals surface area contributed by atoms with Crippen molar-refractivity contribution in [2.45, 2.75) is 13.3 Å². The van der Waals surface area contributed by atoms with Crippen LogP contribution in [0.5, 0.6) is 11.5 Å². The van der Waals surface area contributed by atoms with Crippen LogP contribution in [0.25, 0.3) is 11.3 Å². The third-order valence-electron chi connectivity index (χ3n) is 4.94. The van der Waals surface area contributed by atoms with Gasteiger partial charge in [0.25, 0.3) is 0 Å². The highest BCUT2D eigenvalue weighted by Crippen LogP contribution is 2.40. The van der Waals surface area contributed by atoms with E-state index in [2.05, 4.69) is 30.8 Å². The molecule has 3 aromatic rings. The van der Waals surface area contributed by atoms with E-state index in [1.807, 2.05) is 31.2 Å². The molecule has 0 unspecified atom stereocenters. The molecule has 1 aliphatic heterocycles. The summed E-state index contributed by atoms with van der Waals surface area (Å²) in [4.78, 5) is 8.16. The van der Waals surface area contributed by atoms with Crippen molar-refractivity contribution >= 4 is 11.6 Å². The molecule has 154 valence electrons. The second kappa shape index (κ2) is 8.80. The largest absolute Gasteiger partial charge is 0.496 e. The second-order valence-electron chi connectivity index (χ2n) is 7.20. The van der Waals surface area contributed by atoms with Gasteiger partial charge in [-0.25, -0.2) is 9.97 Å². The van der Waals surface area contributed by atoms with Crippen molar-refractivity contribution in [2.24, 2.45) is 5.92 Å². The SMILES string of the molecule is COc1cc(C)cc(OC[C@H]2CCNC2)c1-c1cc(Nc2cnc(C#N)cn2)n[nH]1. The van der Waals surface area contributed by atoms with Crippen molar-refractivity contribution in [3.8, 4) is 28.8 Å². The van der Waals surface area contributed by atoms with Gasteiger partial charge in [-0.3, -0.25) is 5.10 Å². The van der Waals surface area contributed by atoms with Crippen LogP contribution < -0.4 is 20.1 Å². The molecule has 1 fully saturated rings. The number of hydrogen-bond acceptors (Lipinski definition) is 8. The lowest BCUT2D eigenvalue weighted by Gasteiger charge is -2.17. The summed E-state index contributed by atoms with van der Waals surface area (Å²) in [6.07, 6.45) is 4.01. The van der Waals surface area contributed by atoms with E-state index >= 15 is 0 Å². The zero-order valence-corrected chi connectivity index (χ0v) is 16.9. The average Bonchev–Trinajstić information content (AvgIpc) is 3.44. The summed E-state index contributed by atoms with van der Waals surface area (Å²) >= 11 is 0. The minimum atomic E-state index is 0.256. The fraction of sp³-hybridized carbons (Fsp3) is 0.333. The van der Waals surface area contributed by atoms with E-state index < -0.39 is 0 Å². The van der Waals surface area contributed by atoms with Gasteiger partial charge in [0.15, 0.2) is 11.5 Å². The Morgan fingerprint density at radius 2 is 2.07 bits per heavy atom. The first-order valence-electron chi connectivity index (χ1n) is 9.73. The summed E-state index contributed by atoms with van der Waals surface area (Å²) in [5, 5.41) is 22.6. The van der Waals surface area contributed by atoms with Crippen LogP contribution in [0.2, 0.25) is 0 Å². The number of hydrogen-bond donors (Lipinski definition) is 3. The van der Waals surface area contributed by atoms with E-state index in [0.29, 0.717) is 29.9 Å². The Morgan fingerprint density at radius 1 is 1.20 bits per heavy atom. The highest BCUT2D eigenvalue weighted by molar-refractivity contribution is 5.77. The number of nitrogens with one attached hydrogen (secondary N) is 3. The molecule has 0 spiro atoms. The predicted molar refractivity (Wildman–Crippen MR) is 112 cm³/mol. The highest BCUT2D eigenvalue weighted by atomic mass is 16.5. The average molecular weight is 405 g/mol. The molecule has 4 rings (SSSR count). The summed E-state index contributed by atoms with van der Waals surface area (Å²) in [6, 6.07) is 7.79. The maximum absolute atomic E-state index is 8.84. The van der Waals surface area contributed by atoms with Crippen LogP contribution in [0.1, 0.15) is 17.7 Å². The maximum atomic E-state index is 8.84. The molecule has 3 N–H and O–H groups in total. The second-order valence-corrected chi connectivity index (χ2v) is 7.20. The van der Waals surface area contributed by atoms with E-state index in [9.17, 15) is 0 Å². The zero-order valence-electron chi connectivity index (χ0n) is 16.9. The minimum absolute atomic E-state index is 0.256. The zero-order chi connectivity index (χ0) is 20.9. The first-order valence-corrected chi connectivity index (χ1v) is 9.73. The summed E-state index contributed by atoms with van der Waals surface area (Å²) in [7, 11) is 1.64. The lowest BCUT2D eigenvalue weighted by Crippen LogP contribution is -2.16. The van der Waals surface area contributed by atoms with Gasteiger partial charge in [-0.15, -0.1) is 0 Å². The van der Waals surface area contributed by atoms with Crippen LogP contribution in [0.4, 0.5) is 11.6 Å². The van der Waals surface area contributed by atoms with Gasteiger partial charge >= 0.3 is 0 Å². The Kier molecular flexibility index (Phi) is 5.77. The van der Waals surface area contributed by atoms with Crippen molar-refractivity contribution < 1.29 is 9.47 Å². The fourth-order valence-corrected chi connectivity index (χ4v) is 3.42. The molecular formula is C21H23N7O2. The smallest absolute Gasteiger partial charge is 0.158 e. The number of nitriles is 1. The van der Waals surface area contributed by atoms with E-state index in [4.69, 9.17) is 14.7 Å². The first kappa shape index (κ1) is 19.7. The van der Waals surface area contributed by atoms with Crippen molar-refractivity contribution in [3.63, 3.8) is 0 Å². The summed E-state index contributed by atoms with van der Waals surface area (Å²) in [5.41, 5.74) is 2.89. The third kappa shape index (κ3) is 4.34. The van der Waals surface area contributed by atoms with Crippen molar-refractivity contribution in [1.82, 2.24) is 25.5 Å². The van der Waals surface area contributed by atoms with Gasteiger partial charge in [-0.05, 0) is 37.6 Å². The normalized spacial score (nSPS) is 15.6. The first-order chi connectivity index (χ1) is 14.7. The molecule has 3 heterocycles. The van der Waals surface area contributed by atoms with Crippen LogP contribution in [0.15, 0.2) is 30.6 Å². The summed E-state index contributed by atoms with van der Waals surface area (Å²) in [5.74, 6) is 3.03. The number of methoxy groups -OCH3 is 1. The molecular weight excluding hydrogens is 382 g/mol. The molecule has 0 radical (unpaired) electrons. The molecule has 1 aromatic carbocycles. The Morgan fingerprint density at radius 3 is 2.77 bits per heavy atom. The van der Waals surface area contributed by atoms with Crippen LogP contribution in [-0.4, -0.2) is 47.0 Å². The van der Waals surface area contributed by atoms with E-state index in [1.54, 1.807) is 7.11 Å². The van der Waals surface area contributed by atoms with Crippen molar-refractivity contribution in [2.75, 3.05) is 32.1 Å². The fourth-order valence-electron chi connectivity index (χ4n) is 3.42. The van der Waals surface area contributed by atoms with Crippen LogP contribution >= 0.6 is 0 Å². The van der Waals surface area contributed by atoms with Crippen molar-refractivity contribution in [3.05, 3.63) is 41.9 Å². The van der Waals surface area contributed by atoms with Gasteiger partial charge in [-0.1, -0.05) is 0 Å². The van der Waals surface area contributed by atoms with Gasteiger partial charge in [0.1, 0.15) is 23.4 Å². The molecule has 1 atom stereocenters. The number of aryl methyl sites for hydroxylation is 1. The molecule has 2 aromatic heterocycles. The van der Waals surface area contributed by atoms with E-state index in [0.717, 1.165) is 42.1 Å². The Bertz CT molecular complexity index is 1050. The number of aromatic amines is 1. The van der Waals surface area contributed by atoms with Gasteiger partial charge in [0.05, 0.1) is 37.4 Å². The van der Waals surface area contributed by atoms with Gasteiger partial charge in [0, 0.05) is 18.5 Å². The van der Waals surface area contributed by atoms with Crippen LogP contribution in [0.3, 0.4) is 0 Å². The number of rotatable bonds is 7. The van der Waals surface area contributed by atoms with Crippen LogP contribution in [0, 0.1) is 24.2 Å². The van der Waals surface area contributed by atoms with Gasteiger partial charge < -0.3 is 20.1 Å². The predicted octanol–water partition coefficient (Wildman–Crippen LogP) is 2.79. The summed E-state index contributed by atoms with van der Waals surface area (Å²) in [6.45, 7) is 4.67. The molecule has 0 saturated carbocycles. The number of anilines is 2. The minimum Gasteiger partial charge on any atom is -0.496 e. The monoisotopic (exact) mass is 405 g/mol. The molecule has 0 aliphatic carbocycles. The standard InChI is InChI=1S/C21H23N7O2/c1-13-5-17(29-2)21(18(6-13)30-12-14-3-4-23-9-14)16-7-19(28-27-16)26-20-11-24-15(8-22)10-25-20/h5-7,10-11,14,23H,3-4,9,12H2,1-2H3,(H2,25,26,27,28)/t14-/m0/s1. The summed E-state index contributed by atoms with van der Waals surface area (Å²) < 4.78 is 11.8. The molecule has 0 amide bonds. The molecule has 0 bridgehead atoms. The quantitative estimate of drug-likeness (QED) is 0.549.